The van der Waals surface area contributed by atoms with E-state index >= 15 is 0 Å². The summed E-state index contributed by atoms with van der Waals surface area (Å²) in [5.74, 6) is -0.264. The number of fused-ring (bicyclic) bond motifs is 1. The summed E-state index contributed by atoms with van der Waals surface area (Å²) >= 11 is 3.52. The lowest BCUT2D eigenvalue weighted by atomic mass is 10.3. The highest BCUT2D eigenvalue weighted by Gasteiger charge is 2.16. The van der Waals surface area contributed by atoms with E-state index in [9.17, 15) is 4.79 Å². The number of carbonyl (C=O) groups excluding carboxylic acids is 1. The van der Waals surface area contributed by atoms with E-state index in [1.807, 2.05) is 23.9 Å². The number of nitrogens with zero attached hydrogens (tertiary/aromatic N) is 5. The number of aromatic nitrogens is 5. The van der Waals surface area contributed by atoms with Crippen LogP contribution in [-0.2, 0) is 6.54 Å². The summed E-state index contributed by atoms with van der Waals surface area (Å²) in [6.45, 7) is 6.74. The molecule has 0 unspecified atom stereocenters. The second-order valence-electron chi connectivity index (χ2n) is 4.81. The van der Waals surface area contributed by atoms with Crippen LogP contribution in [0.5, 0.6) is 0 Å². The Kier molecular flexibility index (Phi) is 4.24. The van der Waals surface area contributed by atoms with E-state index in [-0.39, 0.29) is 5.91 Å². The largest absolute Gasteiger partial charge is 0.347 e. The third-order valence-electron chi connectivity index (χ3n) is 3.28. The van der Waals surface area contributed by atoms with Gasteiger partial charge in [0.2, 0.25) is 0 Å². The minimum Gasteiger partial charge on any atom is -0.347 e. The molecule has 23 heavy (non-hydrogen) atoms. The molecule has 0 aliphatic carbocycles. The first-order valence-electron chi connectivity index (χ1n) is 7.11. The van der Waals surface area contributed by atoms with Crippen molar-refractivity contribution in [3.05, 3.63) is 47.3 Å². The van der Waals surface area contributed by atoms with E-state index < -0.39 is 0 Å². The van der Waals surface area contributed by atoms with Crippen molar-refractivity contribution in [3.8, 4) is 11.4 Å². The number of aryl methyl sites for hydroxylation is 1. The molecule has 0 bridgehead atoms. The molecule has 3 aromatic heterocycles. The number of halogens is 1. The van der Waals surface area contributed by atoms with Gasteiger partial charge in [0.25, 0.3) is 5.91 Å². The molecule has 3 rings (SSSR count). The molecule has 0 aliphatic heterocycles. The standard InChI is InChI=1S/C15H15BrN6O/c1-3-6-18-15(23)11-8-13-17-7-5-12(22(13)19-11)14-10(16)9-21(4-2)20-14/h3,5,7-9H,1,4,6H2,2H3,(H,18,23). The maximum atomic E-state index is 12.0. The Labute approximate surface area is 141 Å². The highest BCUT2D eigenvalue weighted by Crippen LogP contribution is 2.26. The maximum absolute atomic E-state index is 12.0. The lowest BCUT2D eigenvalue weighted by Gasteiger charge is -2.01. The highest BCUT2D eigenvalue weighted by molar-refractivity contribution is 9.10. The van der Waals surface area contributed by atoms with Crippen molar-refractivity contribution in [3.63, 3.8) is 0 Å². The normalized spacial score (nSPS) is 10.9. The van der Waals surface area contributed by atoms with Crippen LogP contribution in [0.3, 0.4) is 0 Å². The van der Waals surface area contributed by atoms with Crippen molar-refractivity contribution in [1.82, 2.24) is 29.7 Å². The molecule has 7 nitrogen and oxygen atoms in total. The minimum absolute atomic E-state index is 0.264. The third-order valence-corrected chi connectivity index (χ3v) is 3.86. The monoisotopic (exact) mass is 374 g/mol. The van der Waals surface area contributed by atoms with Crippen molar-refractivity contribution < 1.29 is 4.79 Å². The number of nitrogens with one attached hydrogen (secondary N) is 1. The second kappa shape index (κ2) is 6.33. The fourth-order valence-corrected chi connectivity index (χ4v) is 2.69. The van der Waals surface area contributed by atoms with Crippen molar-refractivity contribution in [2.45, 2.75) is 13.5 Å². The molecule has 8 heteroatoms. The van der Waals surface area contributed by atoms with Crippen LogP contribution >= 0.6 is 15.9 Å². The van der Waals surface area contributed by atoms with Crippen LogP contribution in [0.4, 0.5) is 0 Å². The number of hydrogen-bond donors (Lipinski definition) is 1. The van der Waals surface area contributed by atoms with E-state index in [0.717, 1.165) is 22.4 Å². The Morgan fingerprint density at radius 1 is 1.48 bits per heavy atom. The average molecular weight is 375 g/mol. The number of carbonyl (C=O) groups is 1. The molecule has 0 saturated heterocycles. The van der Waals surface area contributed by atoms with Crippen LogP contribution < -0.4 is 5.32 Å². The van der Waals surface area contributed by atoms with Gasteiger partial charge in [-0.15, -0.1) is 6.58 Å². The van der Waals surface area contributed by atoms with Gasteiger partial charge in [0.1, 0.15) is 5.69 Å². The van der Waals surface area contributed by atoms with Gasteiger partial charge in [-0.25, -0.2) is 9.50 Å². The molecule has 3 aromatic rings. The predicted molar refractivity (Wildman–Crippen MR) is 90.1 cm³/mol. The minimum atomic E-state index is -0.264. The molecule has 1 N–H and O–H groups in total. The molecule has 0 spiro atoms. The SMILES string of the molecule is C=CCNC(=O)c1cc2nccc(-c3nn(CC)cc3Br)n2n1. The van der Waals surface area contributed by atoms with Crippen molar-refractivity contribution in [1.29, 1.82) is 0 Å². The van der Waals surface area contributed by atoms with Gasteiger partial charge in [-0.3, -0.25) is 9.48 Å². The second-order valence-corrected chi connectivity index (χ2v) is 5.66. The first kappa shape index (κ1) is 15.4. The quantitative estimate of drug-likeness (QED) is 0.695. The Hall–Kier alpha value is -2.48. The summed E-state index contributed by atoms with van der Waals surface area (Å²) in [6.07, 6.45) is 5.20. The Balaban J connectivity index is 2.08. The van der Waals surface area contributed by atoms with E-state index in [4.69, 9.17) is 0 Å². The first-order chi connectivity index (χ1) is 11.1. The van der Waals surface area contributed by atoms with E-state index in [1.165, 1.54) is 0 Å². The summed E-state index contributed by atoms with van der Waals surface area (Å²) in [5, 5.41) is 11.6. The Morgan fingerprint density at radius 2 is 2.30 bits per heavy atom. The number of rotatable bonds is 5. The fourth-order valence-electron chi connectivity index (χ4n) is 2.17. The topological polar surface area (TPSA) is 77.1 Å². The zero-order valence-electron chi connectivity index (χ0n) is 12.5. The van der Waals surface area contributed by atoms with Gasteiger partial charge in [0.15, 0.2) is 11.3 Å². The van der Waals surface area contributed by atoms with Crippen molar-refractivity contribution >= 4 is 27.5 Å². The number of amides is 1. The lowest BCUT2D eigenvalue weighted by molar-refractivity contribution is 0.0953. The van der Waals surface area contributed by atoms with Crippen molar-refractivity contribution in [2.24, 2.45) is 0 Å². The molecular formula is C15H15BrN6O. The summed E-state index contributed by atoms with van der Waals surface area (Å²) in [4.78, 5) is 16.3. The average Bonchev–Trinajstić information content (AvgIpc) is 3.15. The maximum Gasteiger partial charge on any atom is 0.272 e. The zero-order valence-corrected chi connectivity index (χ0v) is 14.1. The van der Waals surface area contributed by atoms with E-state index in [1.54, 1.807) is 22.9 Å². The highest BCUT2D eigenvalue weighted by atomic mass is 79.9. The van der Waals surface area contributed by atoms with Crippen LogP contribution in [0.1, 0.15) is 17.4 Å². The van der Waals surface area contributed by atoms with Crippen LogP contribution in [0, 0.1) is 0 Å². The van der Waals surface area contributed by atoms with Crippen molar-refractivity contribution in [2.75, 3.05) is 6.54 Å². The zero-order chi connectivity index (χ0) is 16.4. The van der Waals surface area contributed by atoms with Gasteiger partial charge in [-0.1, -0.05) is 6.08 Å². The smallest absolute Gasteiger partial charge is 0.272 e. The lowest BCUT2D eigenvalue weighted by Crippen LogP contribution is -2.23. The fraction of sp³-hybridized carbons (Fsp3) is 0.200. The third kappa shape index (κ3) is 2.89. The first-order valence-corrected chi connectivity index (χ1v) is 7.90. The molecule has 1 amide bonds. The van der Waals surface area contributed by atoms with E-state index in [0.29, 0.717) is 17.9 Å². The van der Waals surface area contributed by atoms with Gasteiger partial charge in [0, 0.05) is 31.5 Å². The molecule has 0 aromatic carbocycles. The predicted octanol–water partition coefficient (Wildman–Crippen LogP) is 2.29. The molecule has 0 saturated carbocycles. The molecule has 0 radical (unpaired) electrons. The van der Waals surface area contributed by atoms with Gasteiger partial charge >= 0.3 is 0 Å². The molecular weight excluding hydrogens is 360 g/mol. The van der Waals surface area contributed by atoms with Crippen LogP contribution in [0.25, 0.3) is 17.0 Å². The van der Waals surface area contributed by atoms with Gasteiger partial charge in [0.05, 0.1) is 10.2 Å². The molecule has 0 aliphatic rings. The molecule has 0 fully saturated rings. The molecule has 3 heterocycles. The van der Waals surface area contributed by atoms with Gasteiger partial charge in [-0.05, 0) is 28.9 Å². The van der Waals surface area contributed by atoms with Gasteiger partial charge < -0.3 is 5.32 Å². The molecule has 0 atom stereocenters. The Morgan fingerprint density at radius 3 is 3.00 bits per heavy atom. The van der Waals surface area contributed by atoms with E-state index in [2.05, 4.69) is 43.0 Å². The van der Waals surface area contributed by atoms with Crippen LogP contribution in [0.15, 0.2) is 41.7 Å². The number of hydrogen-bond acceptors (Lipinski definition) is 4. The summed E-state index contributed by atoms with van der Waals surface area (Å²) in [6, 6.07) is 3.46. The molecule has 118 valence electrons. The van der Waals surface area contributed by atoms with Gasteiger partial charge in [-0.2, -0.15) is 10.2 Å². The summed E-state index contributed by atoms with van der Waals surface area (Å²) < 4.78 is 4.31. The van der Waals surface area contributed by atoms with Crippen LogP contribution in [-0.4, -0.2) is 36.8 Å². The Bertz CT molecular complexity index is 881. The summed E-state index contributed by atoms with van der Waals surface area (Å²) in [7, 11) is 0. The summed E-state index contributed by atoms with van der Waals surface area (Å²) in [5.41, 5.74) is 2.40. The van der Waals surface area contributed by atoms with Crippen LogP contribution in [0.2, 0.25) is 0 Å².